The third kappa shape index (κ3) is 8.23. The van der Waals surface area contributed by atoms with E-state index in [2.05, 4.69) is 31.2 Å². The number of hydrogen-bond donors (Lipinski definition) is 4. The molecule has 2 aliphatic heterocycles. The number of nitrogens with zero attached hydrogens (tertiary/aromatic N) is 4. The van der Waals surface area contributed by atoms with Gasteiger partial charge < -0.3 is 21.3 Å². The Labute approximate surface area is 297 Å². The minimum Gasteiger partial charge on any atom is -0.325 e. The zero-order chi connectivity index (χ0) is 37.7. The molecule has 4 heterocycles. The zero-order valence-electron chi connectivity index (χ0n) is 28.7. The first-order chi connectivity index (χ1) is 24.7. The molecule has 0 fully saturated rings. The van der Waals surface area contributed by atoms with Gasteiger partial charge in [-0.2, -0.15) is 0 Å². The van der Waals surface area contributed by atoms with E-state index in [1.54, 1.807) is 12.1 Å². The highest BCUT2D eigenvalue weighted by atomic mass is 16.6. The lowest BCUT2D eigenvalue weighted by atomic mass is 9.91. The van der Waals surface area contributed by atoms with Gasteiger partial charge in [0.25, 0.3) is 23.2 Å². The van der Waals surface area contributed by atoms with Crippen molar-refractivity contribution in [2.45, 2.75) is 52.4 Å². The van der Waals surface area contributed by atoms with E-state index in [0.717, 1.165) is 0 Å². The minimum atomic E-state index is -0.561. The Morgan fingerprint density at radius 2 is 1.17 bits per heavy atom. The second-order valence-corrected chi connectivity index (χ2v) is 13.2. The highest BCUT2D eigenvalue weighted by molar-refractivity contribution is 6.09. The van der Waals surface area contributed by atoms with Gasteiger partial charge in [0.2, 0.25) is 11.8 Å². The van der Waals surface area contributed by atoms with Crippen LogP contribution in [0.15, 0.2) is 73.3 Å². The molecule has 6 rings (SSSR count). The fourth-order valence-corrected chi connectivity index (χ4v) is 6.03. The Kier molecular flexibility index (Phi) is 11.0. The average Bonchev–Trinajstić information content (AvgIpc) is 3.57. The van der Waals surface area contributed by atoms with Gasteiger partial charge in [0.15, 0.2) is 0 Å². The van der Waals surface area contributed by atoms with Crippen LogP contribution in [0.3, 0.4) is 0 Å². The molecule has 0 radical (unpaired) electrons. The molecule has 16 heteroatoms. The van der Waals surface area contributed by atoms with E-state index in [0.29, 0.717) is 40.9 Å². The molecule has 2 aliphatic rings. The molecule has 2 aromatic carbocycles. The number of benzene rings is 2. The molecule has 2 unspecified atom stereocenters. The number of hydrogen-bond acceptors (Lipinski definition) is 10. The summed E-state index contributed by atoms with van der Waals surface area (Å²) in [5.74, 6) is -1.68. The maximum atomic E-state index is 12.3. The second kappa shape index (κ2) is 15.5. The first-order valence-electron chi connectivity index (χ1n) is 16.4. The molecule has 268 valence electrons. The summed E-state index contributed by atoms with van der Waals surface area (Å²) in [5.41, 5.74) is 2.38. The van der Waals surface area contributed by atoms with E-state index < -0.39 is 33.5 Å². The highest BCUT2D eigenvalue weighted by Gasteiger charge is 2.36. The molecule has 0 bridgehead atoms. The van der Waals surface area contributed by atoms with Crippen molar-refractivity contribution in [3.8, 4) is 0 Å². The number of nitro benzene ring substituents is 2. The highest BCUT2D eigenvalue weighted by Crippen LogP contribution is 2.43. The Morgan fingerprint density at radius 3 is 1.58 bits per heavy atom. The number of nitrogens with one attached hydrogen (secondary N) is 4. The van der Waals surface area contributed by atoms with Gasteiger partial charge in [-0.05, 0) is 72.2 Å². The fraction of sp³-hybridized carbons (Fsp3) is 0.278. The summed E-state index contributed by atoms with van der Waals surface area (Å²) in [6.07, 6.45) is 7.01. The van der Waals surface area contributed by atoms with Gasteiger partial charge in [-0.25, -0.2) is 0 Å². The summed E-state index contributed by atoms with van der Waals surface area (Å²) in [7, 11) is 0. The first kappa shape index (κ1) is 36.7. The molecular weight excluding hydrogens is 672 g/mol. The lowest BCUT2D eigenvalue weighted by Gasteiger charge is -2.12. The van der Waals surface area contributed by atoms with E-state index in [1.807, 2.05) is 27.7 Å². The molecule has 4 N–H and O–H groups in total. The van der Waals surface area contributed by atoms with Crippen LogP contribution in [0.1, 0.15) is 84.2 Å². The van der Waals surface area contributed by atoms with Crippen molar-refractivity contribution in [2.24, 2.45) is 11.8 Å². The van der Waals surface area contributed by atoms with Crippen molar-refractivity contribution >= 4 is 57.8 Å². The smallest absolute Gasteiger partial charge is 0.293 e. The van der Waals surface area contributed by atoms with E-state index in [4.69, 9.17) is 0 Å². The van der Waals surface area contributed by atoms with Crippen LogP contribution in [0.4, 0.5) is 34.1 Å². The van der Waals surface area contributed by atoms with Gasteiger partial charge in [0, 0.05) is 53.9 Å². The van der Waals surface area contributed by atoms with Crippen molar-refractivity contribution in [3.05, 3.63) is 116 Å². The SMILES string of the molecule is CC(C)CC1C(=O)Nc2cc(NC(=O)c3cccnc3)c([N+](=O)[O-])cc21.CC(C)CC1C(=O)Nc2cc(NC(=O)c3ccncc3)c([N+](=O)[O-])cc21. The van der Waals surface area contributed by atoms with E-state index >= 15 is 0 Å². The number of fused-ring (bicyclic) bond motifs is 2. The normalized spacial score (nSPS) is 15.5. The first-order valence-corrected chi connectivity index (χ1v) is 16.4. The van der Waals surface area contributed by atoms with Crippen LogP contribution in [0.5, 0.6) is 0 Å². The van der Waals surface area contributed by atoms with Crippen LogP contribution in [0, 0.1) is 32.1 Å². The average molecular weight is 709 g/mol. The van der Waals surface area contributed by atoms with Crippen molar-refractivity contribution in [3.63, 3.8) is 0 Å². The van der Waals surface area contributed by atoms with Gasteiger partial charge in [-0.3, -0.25) is 49.4 Å². The molecule has 2 aromatic heterocycles. The summed E-state index contributed by atoms with van der Waals surface area (Å²) in [6.45, 7) is 7.95. The zero-order valence-corrected chi connectivity index (χ0v) is 28.7. The molecule has 52 heavy (non-hydrogen) atoms. The summed E-state index contributed by atoms with van der Waals surface area (Å²) < 4.78 is 0. The second-order valence-electron chi connectivity index (χ2n) is 13.2. The summed E-state index contributed by atoms with van der Waals surface area (Å²) in [4.78, 5) is 78.6. The van der Waals surface area contributed by atoms with Gasteiger partial charge in [-0.15, -0.1) is 0 Å². The predicted molar refractivity (Wildman–Crippen MR) is 192 cm³/mol. The standard InChI is InChI=1S/2C18H18N4O4/c1-10(2)7-13-12-8-16(22(25)26)15(9-14(12)20-18(13)24)21-17(23)11-3-5-19-6-4-11;1-10(2)6-13-12-7-16(22(25)26)15(8-14(12)20-18(13)24)21-17(23)11-4-3-5-19-9-11/h3-6,8-10,13H,7H2,1-2H3,(H,20,24)(H,21,23);3-5,7-10,13H,6H2,1-2H3,(H,20,24)(H,21,23). The molecule has 0 spiro atoms. The Hall–Kier alpha value is -6.58. The van der Waals surface area contributed by atoms with E-state index in [9.17, 15) is 39.4 Å². The summed E-state index contributed by atoms with van der Waals surface area (Å²) in [5, 5.41) is 33.6. The molecular formula is C36H36N8O8. The molecule has 4 aromatic rings. The Balaban J connectivity index is 0.000000201. The largest absolute Gasteiger partial charge is 0.325 e. The van der Waals surface area contributed by atoms with Crippen molar-refractivity contribution in [1.29, 1.82) is 0 Å². The number of aromatic nitrogens is 2. The Morgan fingerprint density at radius 1 is 0.712 bits per heavy atom. The predicted octanol–water partition coefficient (Wildman–Crippen LogP) is 6.65. The lowest BCUT2D eigenvalue weighted by molar-refractivity contribution is -0.384. The van der Waals surface area contributed by atoms with Gasteiger partial charge in [0.1, 0.15) is 11.4 Å². The Bertz CT molecular complexity index is 1910. The molecule has 0 saturated heterocycles. The van der Waals surface area contributed by atoms with Crippen LogP contribution in [-0.4, -0.2) is 43.4 Å². The topological polar surface area (TPSA) is 228 Å². The van der Waals surface area contributed by atoms with Crippen molar-refractivity contribution in [2.75, 3.05) is 21.3 Å². The fourth-order valence-electron chi connectivity index (χ4n) is 6.03. The molecule has 2 atom stereocenters. The van der Waals surface area contributed by atoms with E-state index in [-0.39, 0.29) is 52.0 Å². The van der Waals surface area contributed by atoms with Crippen LogP contribution >= 0.6 is 0 Å². The van der Waals surface area contributed by atoms with Crippen molar-refractivity contribution < 1.29 is 29.0 Å². The van der Waals surface area contributed by atoms with Crippen LogP contribution < -0.4 is 21.3 Å². The maximum absolute atomic E-state index is 12.3. The van der Waals surface area contributed by atoms with Gasteiger partial charge in [-0.1, -0.05) is 27.7 Å². The number of carbonyl (C=O) groups is 4. The lowest BCUT2D eigenvalue weighted by Crippen LogP contribution is -2.13. The summed E-state index contributed by atoms with van der Waals surface area (Å²) >= 11 is 0. The molecule has 0 aliphatic carbocycles. The van der Waals surface area contributed by atoms with Gasteiger partial charge >= 0.3 is 0 Å². The summed E-state index contributed by atoms with van der Waals surface area (Å²) in [6, 6.07) is 11.8. The number of pyridine rings is 2. The van der Waals surface area contributed by atoms with Crippen molar-refractivity contribution in [1.82, 2.24) is 9.97 Å². The minimum absolute atomic E-state index is 0.0353. The molecule has 16 nitrogen and oxygen atoms in total. The number of amides is 4. The molecule has 0 saturated carbocycles. The van der Waals surface area contributed by atoms with Crippen LogP contribution in [-0.2, 0) is 9.59 Å². The number of nitro groups is 2. The van der Waals surface area contributed by atoms with Crippen LogP contribution in [0.2, 0.25) is 0 Å². The number of rotatable bonds is 10. The quantitative estimate of drug-likeness (QED) is 0.101. The van der Waals surface area contributed by atoms with E-state index in [1.165, 1.54) is 61.2 Å². The third-order valence-electron chi connectivity index (χ3n) is 8.41. The third-order valence-corrected chi connectivity index (χ3v) is 8.41. The maximum Gasteiger partial charge on any atom is 0.293 e. The van der Waals surface area contributed by atoms with Gasteiger partial charge in [0.05, 0.1) is 27.2 Å². The monoisotopic (exact) mass is 708 g/mol. The molecule has 4 amide bonds. The number of carbonyl (C=O) groups excluding carboxylic acids is 4. The number of anilines is 4. The van der Waals surface area contributed by atoms with Crippen LogP contribution in [0.25, 0.3) is 0 Å².